The molecular weight excluding hydrogens is 275 g/mol. The molecule has 0 bridgehead atoms. The van der Waals surface area contributed by atoms with Crippen LogP contribution < -0.4 is 0 Å². The first-order valence-corrected chi connectivity index (χ1v) is 7.76. The quantitative estimate of drug-likeness (QED) is 0.851. The minimum absolute atomic E-state index is 0.497. The molecule has 0 saturated carbocycles. The highest BCUT2D eigenvalue weighted by molar-refractivity contribution is 7.53. The van der Waals surface area contributed by atoms with E-state index in [1.807, 2.05) is 42.5 Å². The molecule has 2 aromatic carbocycles. The van der Waals surface area contributed by atoms with E-state index in [4.69, 9.17) is 9.05 Å². The van der Waals surface area contributed by atoms with Crippen LogP contribution in [0.4, 0.5) is 0 Å². The van der Waals surface area contributed by atoms with E-state index in [-0.39, 0.29) is 0 Å². The van der Waals surface area contributed by atoms with Crippen molar-refractivity contribution in [3.8, 4) is 11.1 Å². The zero-order valence-corrected chi connectivity index (χ0v) is 12.3. The summed E-state index contributed by atoms with van der Waals surface area (Å²) in [6.07, 6.45) is 0. The molecule has 0 aliphatic heterocycles. The van der Waals surface area contributed by atoms with Gasteiger partial charge in [-0.25, -0.2) is 0 Å². The molecule has 2 rings (SSSR count). The second-order valence-electron chi connectivity index (χ2n) is 4.27. The van der Waals surface area contributed by atoms with E-state index < -0.39 is 13.4 Å². The van der Waals surface area contributed by atoms with E-state index in [1.165, 1.54) is 14.2 Å². The molecule has 0 amide bonds. The maximum absolute atomic E-state index is 12.1. The monoisotopic (exact) mass is 292 g/mol. The van der Waals surface area contributed by atoms with Crippen molar-refractivity contribution in [3.63, 3.8) is 0 Å². The summed E-state index contributed by atoms with van der Waals surface area (Å²) in [7, 11) is -1.01. The molecule has 0 aliphatic carbocycles. The molecule has 4 nitrogen and oxygen atoms in total. The van der Waals surface area contributed by atoms with Gasteiger partial charge in [-0.2, -0.15) is 0 Å². The van der Waals surface area contributed by atoms with Crippen LogP contribution in [0.5, 0.6) is 0 Å². The SMILES string of the molecule is COP(=O)(OC)C(O)c1ccc(-c2ccccc2)cc1. The molecule has 1 unspecified atom stereocenters. The van der Waals surface area contributed by atoms with Gasteiger partial charge in [-0.05, 0) is 16.7 Å². The predicted octanol–water partition coefficient (Wildman–Crippen LogP) is 3.83. The molecular formula is C15H17O4P. The van der Waals surface area contributed by atoms with Gasteiger partial charge >= 0.3 is 7.60 Å². The Bertz CT molecular complexity index is 587. The summed E-state index contributed by atoms with van der Waals surface area (Å²) < 4.78 is 21.7. The van der Waals surface area contributed by atoms with Gasteiger partial charge in [0.05, 0.1) is 0 Å². The number of rotatable bonds is 5. The van der Waals surface area contributed by atoms with Crippen molar-refractivity contribution in [2.75, 3.05) is 14.2 Å². The molecule has 0 fully saturated rings. The standard InChI is InChI=1S/C15H17O4P/c1-18-20(17,19-2)15(16)14-10-8-13(9-11-14)12-6-4-3-5-7-12/h3-11,15-16H,1-2H3. The average Bonchev–Trinajstić information content (AvgIpc) is 2.54. The summed E-state index contributed by atoms with van der Waals surface area (Å²) in [5.41, 5.74) is 2.60. The van der Waals surface area contributed by atoms with Crippen molar-refractivity contribution in [1.82, 2.24) is 0 Å². The zero-order valence-electron chi connectivity index (χ0n) is 11.4. The van der Waals surface area contributed by atoms with Gasteiger partial charge in [0.25, 0.3) is 0 Å². The molecule has 1 N–H and O–H groups in total. The van der Waals surface area contributed by atoms with Gasteiger partial charge in [0.15, 0.2) is 5.85 Å². The summed E-state index contributed by atoms with van der Waals surface area (Å²) in [4.78, 5) is 0. The largest absolute Gasteiger partial charge is 0.376 e. The van der Waals surface area contributed by atoms with Crippen LogP contribution in [0.1, 0.15) is 11.4 Å². The molecule has 1 atom stereocenters. The van der Waals surface area contributed by atoms with Crippen molar-refractivity contribution in [3.05, 3.63) is 60.2 Å². The van der Waals surface area contributed by atoms with Crippen LogP contribution >= 0.6 is 7.60 Å². The highest BCUT2D eigenvalue weighted by Gasteiger charge is 2.33. The van der Waals surface area contributed by atoms with E-state index in [2.05, 4.69) is 0 Å². The average molecular weight is 292 g/mol. The summed E-state index contributed by atoms with van der Waals surface area (Å²) in [6.45, 7) is 0. The number of hydrogen-bond acceptors (Lipinski definition) is 4. The smallest absolute Gasteiger partial charge is 0.362 e. The molecule has 106 valence electrons. The highest BCUT2D eigenvalue weighted by atomic mass is 31.2. The summed E-state index contributed by atoms with van der Waals surface area (Å²) in [6, 6.07) is 17.0. The third kappa shape index (κ3) is 3.00. The first-order valence-electron chi connectivity index (χ1n) is 6.15. The number of aliphatic hydroxyl groups excluding tert-OH is 1. The molecule has 0 radical (unpaired) electrons. The Balaban J connectivity index is 2.27. The van der Waals surface area contributed by atoms with Crippen LogP contribution in [-0.2, 0) is 13.6 Å². The van der Waals surface area contributed by atoms with Gasteiger partial charge in [0.1, 0.15) is 0 Å². The molecule has 2 aromatic rings. The molecule has 0 aromatic heterocycles. The first kappa shape index (κ1) is 14.9. The fourth-order valence-corrected chi connectivity index (χ4v) is 3.02. The van der Waals surface area contributed by atoms with E-state index >= 15 is 0 Å². The second-order valence-corrected chi connectivity index (χ2v) is 6.57. The van der Waals surface area contributed by atoms with Gasteiger partial charge in [0, 0.05) is 14.2 Å². The van der Waals surface area contributed by atoms with E-state index in [0.717, 1.165) is 11.1 Å². The summed E-state index contributed by atoms with van der Waals surface area (Å²) in [5.74, 6) is -1.29. The molecule has 0 aliphatic rings. The second kappa shape index (κ2) is 6.33. The summed E-state index contributed by atoms with van der Waals surface area (Å²) in [5, 5.41) is 10.1. The first-order chi connectivity index (χ1) is 9.60. The lowest BCUT2D eigenvalue weighted by atomic mass is 10.0. The normalized spacial score (nSPS) is 13.2. The van der Waals surface area contributed by atoms with E-state index in [9.17, 15) is 9.67 Å². The van der Waals surface area contributed by atoms with Gasteiger partial charge in [-0.3, -0.25) is 4.57 Å². The number of hydrogen-bond donors (Lipinski definition) is 1. The lowest BCUT2D eigenvalue weighted by Crippen LogP contribution is -2.02. The predicted molar refractivity (Wildman–Crippen MR) is 78.5 cm³/mol. The fraction of sp³-hybridized carbons (Fsp3) is 0.200. The molecule has 0 spiro atoms. The molecule has 5 heteroatoms. The third-order valence-corrected chi connectivity index (χ3v) is 5.04. The molecule has 0 saturated heterocycles. The van der Waals surface area contributed by atoms with Crippen LogP contribution in [0.25, 0.3) is 11.1 Å². The van der Waals surface area contributed by atoms with Gasteiger partial charge in [-0.1, -0.05) is 54.6 Å². The third-order valence-electron chi connectivity index (χ3n) is 3.12. The van der Waals surface area contributed by atoms with E-state index in [0.29, 0.717) is 5.56 Å². The van der Waals surface area contributed by atoms with Crippen molar-refractivity contribution < 1.29 is 18.7 Å². The highest BCUT2D eigenvalue weighted by Crippen LogP contribution is 2.58. The van der Waals surface area contributed by atoms with Crippen LogP contribution in [0.2, 0.25) is 0 Å². The van der Waals surface area contributed by atoms with Gasteiger partial charge in [-0.15, -0.1) is 0 Å². The Morgan fingerprint density at radius 1 is 0.900 bits per heavy atom. The van der Waals surface area contributed by atoms with Gasteiger partial charge in [0.2, 0.25) is 0 Å². The minimum atomic E-state index is -3.53. The lowest BCUT2D eigenvalue weighted by molar-refractivity contribution is 0.176. The lowest BCUT2D eigenvalue weighted by Gasteiger charge is -2.20. The van der Waals surface area contributed by atoms with Crippen molar-refractivity contribution in [2.24, 2.45) is 0 Å². The van der Waals surface area contributed by atoms with Crippen LogP contribution in [-0.4, -0.2) is 19.3 Å². The zero-order chi connectivity index (χ0) is 14.6. The van der Waals surface area contributed by atoms with Crippen LogP contribution in [0, 0.1) is 0 Å². The van der Waals surface area contributed by atoms with Gasteiger partial charge < -0.3 is 14.2 Å². The van der Waals surface area contributed by atoms with Crippen molar-refractivity contribution in [1.29, 1.82) is 0 Å². The Morgan fingerprint density at radius 3 is 1.90 bits per heavy atom. The minimum Gasteiger partial charge on any atom is -0.376 e. The van der Waals surface area contributed by atoms with Crippen LogP contribution in [0.3, 0.4) is 0 Å². The molecule has 20 heavy (non-hydrogen) atoms. The molecule has 0 heterocycles. The van der Waals surface area contributed by atoms with Crippen LogP contribution in [0.15, 0.2) is 54.6 Å². The topological polar surface area (TPSA) is 55.8 Å². The Labute approximate surface area is 118 Å². The Hall–Kier alpha value is -1.45. The fourth-order valence-electron chi connectivity index (χ4n) is 1.94. The Morgan fingerprint density at radius 2 is 1.40 bits per heavy atom. The maximum Gasteiger partial charge on any atom is 0.362 e. The van der Waals surface area contributed by atoms with Crippen molar-refractivity contribution in [2.45, 2.75) is 5.85 Å². The number of benzene rings is 2. The van der Waals surface area contributed by atoms with E-state index in [1.54, 1.807) is 12.1 Å². The summed E-state index contributed by atoms with van der Waals surface area (Å²) >= 11 is 0. The number of aliphatic hydroxyl groups is 1. The Kier molecular flexibility index (Phi) is 4.73. The maximum atomic E-state index is 12.1. The van der Waals surface area contributed by atoms with Crippen molar-refractivity contribution >= 4 is 7.60 Å².